The van der Waals surface area contributed by atoms with E-state index in [1.165, 1.54) is 12.8 Å². The van der Waals surface area contributed by atoms with E-state index in [1.807, 2.05) is 24.0 Å². The average Bonchev–Trinajstić information content (AvgIpc) is 3.22. The Hall–Kier alpha value is -2.04. The molecule has 5 heteroatoms. The lowest BCUT2D eigenvalue weighted by molar-refractivity contribution is -0.129. The lowest BCUT2D eigenvalue weighted by atomic mass is 10.1. The van der Waals surface area contributed by atoms with Crippen LogP contribution in [-0.2, 0) is 4.79 Å². The van der Waals surface area contributed by atoms with Gasteiger partial charge in [0, 0.05) is 42.6 Å². The Labute approximate surface area is 143 Å². The van der Waals surface area contributed by atoms with Gasteiger partial charge >= 0.3 is 0 Å². The van der Waals surface area contributed by atoms with E-state index < -0.39 is 0 Å². The Morgan fingerprint density at radius 3 is 2.79 bits per heavy atom. The van der Waals surface area contributed by atoms with Gasteiger partial charge in [-0.2, -0.15) is 0 Å². The largest absolute Gasteiger partial charge is 0.496 e. The SMILES string of the molecule is COc1cccc(C(=O)NCC2CC(=O)N(C3CCCC3)C2)c1C. The summed E-state index contributed by atoms with van der Waals surface area (Å²) in [6, 6.07) is 5.90. The van der Waals surface area contributed by atoms with Crippen LogP contribution >= 0.6 is 0 Å². The van der Waals surface area contributed by atoms with Crippen LogP contribution in [0.4, 0.5) is 0 Å². The number of carbonyl (C=O) groups excluding carboxylic acids is 2. The first-order chi connectivity index (χ1) is 11.6. The van der Waals surface area contributed by atoms with Crippen LogP contribution in [0.1, 0.15) is 48.0 Å². The van der Waals surface area contributed by atoms with Crippen LogP contribution in [0.15, 0.2) is 18.2 Å². The van der Waals surface area contributed by atoms with Gasteiger partial charge in [0.2, 0.25) is 5.91 Å². The molecule has 1 atom stereocenters. The molecule has 2 amide bonds. The number of nitrogens with one attached hydrogen (secondary N) is 1. The number of hydrogen-bond donors (Lipinski definition) is 1. The van der Waals surface area contributed by atoms with Crippen LogP contribution in [0.2, 0.25) is 0 Å². The third-order valence-corrected chi connectivity index (χ3v) is 5.30. The Balaban J connectivity index is 1.56. The van der Waals surface area contributed by atoms with E-state index in [1.54, 1.807) is 13.2 Å². The molecule has 0 bridgehead atoms. The second kappa shape index (κ2) is 7.24. The first-order valence-electron chi connectivity index (χ1n) is 8.81. The molecule has 0 aromatic heterocycles. The van der Waals surface area contributed by atoms with E-state index in [2.05, 4.69) is 5.32 Å². The van der Waals surface area contributed by atoms with Crippen LogP contribution in [0.5, 0.6) is 5.75 Å². The molecule has 5 nitrogen and oxygen atoms in total. The normalized spacial score (nSPS) is 21.3. The maximum absolute atomic E-state index is 12.4. The minimum atomic E-state index is -0.0989. The number of rotatable bonds is 5. The van der Waals surface area contributed by atoms with Crippen molar-refractivity contribution in [1.29, 1.82) is 0 Å². The number of hydrogen-bond acceptors (Lipinski definition) is 3. The van der Waals surface area contributed by atoms with Crippen molar-refractivity contribution in [1.82, 2.24) is 10.2 Å². The lowest BCUT2D eigenvalue weighted by Crippen LogP contribution is -2.36. The van der Waals surface area contributed by atoms with E-state index in [9.17, 15) is 9.59 Å². The van der Waals surface area contributed by atoms with Gasteiger partial charge in [-0.1, -0.05) is 18.9 Å². The zero-order valence-corrected chi connectivity index (χ0v) is 14.5. The minimum Gasteiger partial charge on any atom is -0.496 e. The fourth-order valence-electron chi connectivity index (χ4n) is 3.93. The molecule has 1 N–H and O–H groups in total. The van der Waals surface area contributed by atoms with Crippen LogP contribution in [0.25, 0.3) is 0 Å². The summed E-state index contributed by atoms with van der Waals surface area (Å²) in [6.07, 6.45) is 5.27. The molecule has 1 aromatic carbocycles. The molecule has 1 aliphatic carbocycles. The Morgan fingerprint density at radius 1 is 1.33 bits per heavy atom. The number of amides is 2. The van der Waals surface area contributed by atoms with E-state index >= 15 is 0 Å². The number of nitrogens with zero attached hydrogens (tertiary/aromatic N) is 1. The second-order valence-corrected chi connectivity index (χ2v) is 6.90. The highest BCUT2D eigenvalue weighted by Crippen LogP contribution is 2.29. The topological polar surface area (TPSA) is 58.6 Å². The van der Waals surface area contributed by atoms with Crippen molar-refractivity contribution in [3.8, 4) is 5.75 Å². The molecule has 1 heterocycles. The molecule has 2 aliphatic rings. The molecule has 0 spiro atoms. The zero-order valence-electron chi connectivity index (χ0n) is 14.5. The molecular formula is C19H26N2O3. The first-order valence-corrected chi connectivity index (χ1v) is 8.81. The molecule has 1 saturated carbocycles. The monoisotopic (exact) mass is 330 g/mol. The molecule has 1 saturated heterocycles. The molecule has 1 unspecified atom stereocenters. The third kappa shape index (κ3) is 3.40. The molecule has 1 aromatic rings. The number of benzene rings is 1. The standard InChI is InChI=1S/C19H26N2O3/c1-13-16(8-5-9-17(13)24-2)19(23)20-11-14-10-18(22)21(12-14)15-6-3-4-7-15/h5,8-9,14-15H,3-4,6-7,10-12H2,1-2H3,(H,20,23). The minimum absolute atomic E-state index is 0.0989. The summed E-state index contributed by atoms with van der Waals surface area (Å²) in [5.74, 6) is 1.08. The van der Waals surface area contributed by atoms with Gasteiger partial charge in [-0.25, -0.2) is 0 Å². The van der Waals surface area contributed by atoms with Crippen molar-refractivity contribution in [3.05, 3.63) is 29.3 Å². The number of carbonyl (C=O) groups is 2. The van der Waals surface area contributed by atoms with Crippen LogP contribution in [0, 0.1) is 12.8 Å². The summed E-state index contributed by atoms with van der Waals surface area (Å²) >= 11 is 0. The fourth-order valence-corrected chi connectivity index (χ4v) is 3.93. The number of likely N-dealkylation sites (tertiary alicyclic amines) is 1. The molecule has 130 valence electrons. The van der Waals surface area contributed by atoms with Gasteiger partial charge in [0.05, 0.1) is 7.11 Å². The Bertz CT molecular complexity index is 623. The van der Waals surface area contributed by atoms with Crippen LogP contribution in [-0.4, -0.2) is 43.0 Å². The summed E-state index contributed by atoms with van der Waals surface area (Å²) in [5.41, 5.74) is 1.47. The average molecular weight is 330 g/mol. The molecule has 3 rings (SSSR count). The van der Waals surface area contributed by atoms with Gasteiger partial charge in [0.25, 0.3) is 5.91 Å². The fraction of sp³-hybridized carbons (Fsp3) is 0.579. The third-order valence-electron chi connectivity index (χ3n) is 5.30. The smallest absolute Gasteiger partial charge is 0.251 e. The highest BCUT2D eigenvalue weighted by Gasteiger charge is 2.35. The quantitative estimate of drug-likeness (QED) is 0.902. The predicted molar refractivity (Wildman–Crippen MR) is 92.1 cm³/mol. The predicted octanol–water partition coefficient (Wildman–Crippen LogP) is 2.52. The van der Waals surface area contributed by atoms with Gasteiger partial charge in [0.1, 0.15) is 5.75 Å². The van der Waals surface area contributed by atoms with Gasteiger partial charge in [-0.3, -0.25) is 9.59 Å². The highest BCUT2D eigenvalue weighted by atomic mass is 16.5. The van der Waals surface area contributed by atoms with Crippen molar-refractivity contribution in [2.24, 2.45) is 5.92 Å². The molecule has 0 radical (unpaired) electrons. The zero-order chi connectivity index (χ0) is 17.1. The molecule has 2 fully saturated rings. The van der Waals surface area contributed by atoms with Crippen molar-refractivity contribution in [2.45, 2.75) is 45.1 Å². The number of ether oxygens (including phenoxy) is 1. The lowest BCUT2D eigenvalue weighted by Gasteiger charge is -2.24. The van der Waals surface area contributed by atoms with Gasteiger partial charge < -0.3 is 15.0 Å². The summed E-state index contributed by atoms with van der Waals surface area (Å²) in [7, 11) is 1.60. The van der Waals surface area contributed by atoms with Crippen molar-refractivity contribution in [2.75, 3.05) is 20.2 Å². The van der Waals surface area contributed by atoms with Crippen molar-refractivity contribution in [3.63, 3.8) is 0 Å². The summed E-state index contributed by atoms with van der Waals surface area (Å²) < 4.78 is 5.27. The number of methoxy groups -OCH3 is 1. The molecular weight excluding hydrogens is 304 g/mol. The second-order valence-electron chi connectivity index (χ2n) is 6.90. The maximum Gasteiger partial charge on any atom is 0.251 e. The van der Waals surface area contributed by atoms with Gasteiger partial charge in [-0.05, 0) is 31.9 Å². The Morgan fingerprint density at radius 2 is 2.08 bits per heavy atom. The van der Waals surface area contributed by atoms with Crippen molar-refractivity contribution >= 4 is 11.8 Å². The molecule has 24 heavy (non-hydrogen) atoms. The Kier molecular flexibility index (Phi) is 5.07. The van der Waals surface area contributed by atoms with Gasteiger partial charge in [0.15, 0.2) is 0 Å². The highest BCUT2D eigenvalue weighted by molar-refractivity contribution is 5.96. The summed E-state index contributed by atoms with van der Waals surface area (Å²) in [6.45, 7) is 3.21. The summed E-state index contributed by atoms with van der Waals surface area (Å²) in [5, 5.41) is 2.99. The first kappa shape index (κ1) is 16.8. The summed E-state index contributed by atoms with van der Waals surface area (Å²) in [4.78, 5) is 26.7. The van der Waals surface area contributed by atoms with Crippen LogP contribution in [0.3, 0.4) is 0 Å². The van der Waals surface area contributed by atoms with E-state index in [4.69, 9.17) is 4.74 Å². The van der Waals surface area contributed by atoms with Crippen LogP contribution < -0.4 is 10.1 Å². The van der Waals surface area contributed by atoms with E-state index in [-0.39, 0.29) is 17.7 Å². The maximum atomic E-state index is 12.4. The molecule has 1 aliphatic heterocycles. The van der Waals surface area contributed by atoms with E-state index in [0.717, 1.165) is 24.9 Å². The van der Waals surface area contributed by atoms with Crippen molar-refractivity contribution < 1.29 is 14.3 Å². The van der Waals surface area contributed by atoms with Gasteiger partial charge in [-0.15, -0.1) is 0 Å². The van der Waals surface area contributed by atoms with E-state index in [0.29, 0.717) is 30.3 Å².